The maximum atomic E-state index is 13.0. The van der Waals surface area contributed by atoms with Gasteiger partial charge in [-0.3, -0.25) is 0 Å². The maximum absolute atomic E-state index is 13.0. The normalized spacial score (nSPS) is 11.6. The van der Waals surface area contributed by atoms with Crippen LogP contribution in [0.4, 0.5) is 13.2 Å². The number of hydrogen-bond acceptors (Lipinski definition) is 3. The molecule has 27 heavy (non-hydrogen) atoms. The van der Waals surface area contributed by atoms with E-state index in [0.29, 0.717) is 0 Å². The monoisotopic (exact) mass is 395 g/mol. The first-order valence-corrected chi connectivity index (χ1v) is 8.10. The average Bonchev–Trinajstić information content (AvgIpc) is 2.60. The summed E-state index contributed by atoms with van der Waals surface area (Å²) in [5.74, 6) is -0.947. The highest BCUT2D eigenvalue weighted by Gasteiger charge is 2.31. The third-order valence-electron chi connectivity index (χ3n) is 4.18. The van der Waals surface area contributed by atoms with E-state index in [9.17, 15) is 23.1 Å². The Morgan fingerprint density at radius 2 is 1.93 bits per heavy atom. The van der Waals surface area contributed by atoms with Crippen molar-refractivity contribution >= 4 is 28.5 Å². The quantitative estimate of drug-likeness (QED) is 0.628. The van der Waals surface area contributed by atoms with E-state index in [1.165, 1.54) is 38.3 Å². The Bertz CT molecular complexity index is 1060. The van der Waals surface area contributed by atoms with Crippen molar-refractivity contribution in [3.8, 4) is 17.0 Å². The van der Waals surface area contributed by atoms with E-state index in [1.807, 2.05) is 0 Å². The third kappa shape index (κ3) is 3.42. The molecule has 0 atom stereocenters. The lowest BCUT2D eigenvalue weighted by atomic mass is 9.96. The molecule has 0 fully saturated rings. The zero-order valence-electron chi connectivity index (χ0n) is 14.2. The van der Waals surface area contributed by atoms with Crippen molar-refractivity contribution in [2.24, 2.45) is 0 Å². The summed E-state index contributed by atoms with van der Waals surface area (Å²) < 4.78 is 44.2. The van der Waals surface area contributed by atoms with Crippen molar-refractivity contribution in [3.05, 3.63) is 58.1 Å². The van der Waals surface area contributed by atoms with E-state index in [1.54, 1.807) is 0 Å². The van der Waals surface area contributed by atoms with Gasteiger partial charge in [-0.05, 0) is 36.8 Å². The Morgan fingerprint density at radius 3 is 2.52 bits per heavy atom. The second kappa shape index (κ2) is 6.74. The SMILES string of the molecule is COc1cc2c(C(=O)O)c(C)c(-c3cccc(C(F)(F)F)c3)nc2cc1Cl. The number of halogens is 4. The fourth-order valence-electron chi connectivity index (χ4n) is 2.92. The molecule has 140 valence electrons. The number of benzene rings is 2. The largest absolute Gasteiger partial charge is 0.495 e. The molecule has 1 aromatic heterocycles. The highest BCUT2D eigenvalue weighted by molar-refractivity contribution is 6.33. The fourth-order valence-corrected chi connectivity index (χ4v) is 3.15. The van der Waals surface area contributed by atoms with Crippen LogP contribution in [-0.4, -0.2) is 23.2 Å². The van der Waals surface area contributed by atoms with Crippen molar-refractivity contribution in [1.82, 2.24) is 4.98 Å². The molecule has 0 radical (unpaired) electrons. The number of aromatic carboxylic acids is 1. The number of hydrogen-bond donors (Lipinski definition) is 1. The molecule has 3 rings (SSSR count). The van der Waals surface area contributed by atoms with Crippen LogP contribution in [0.15, 0.2) is 36.4 Å². The second-order valence-electron chi connectivity index (χ2n) is 5.85. The molecule has 8 heteroatoms. The van der Waals surface area contributed by atoms with Gasteiger partial charge in [0.1, 0.15) is 5.75 Å². The molecule has 0 unspecified atom stereocenters. The van der Waals surface area contributed by atoms with Crippen LogP contribution < -0.4 is 4.74 Å². The van der Waals surface area contributed by atoms with Crippen LogP contribution in [0.3, 0.4) is 0 Å². The number of carboxylic acid groups (broad SMARTS) is 1. The molecule has 4 nitrogen and oxygen atoms in total. The molecule has 0 aliphatic heterocycles. The number of pyridine rings is 1. The molecule has 0 aliphatic carbocycles. The summed E-state index contributed by atoms with van der Waals surface area (Å²) in [4.78, 5) is 16.2. The molecule has 2 aromatic carbocycles. The lowest BCUT2D eigenvalue weighted by molar-refractivity contribution is -0.137. The number of alkyl halides is 3. The minimum absolute atomic E-state index is 0.0672. The van der Waals surface area contributed by atoms with Crippen molar-refractivity contribution in [1.29, 1.82) is 0 Å². The Hall–Kier alpha value is -2.80. The van der Waals surface area contributed by atoms with E-state index in [2.05, 4.69) is 4.98 Å². The number of carboxylic acids is 1. The van der Waals surface area contributed by atoms with Crippen LogP contribution >= 0.6 is 11.6 Å². The van der Waals surface area contributed by atoms with Gasteiger partial charge in [0.15, 0.2) is 0 Å². The number of rotatable bonds is 3. The zero-order chi connectivity index (χ0) is 19.9. The van der Waals surface area contributed by atoms with Crippen LogP contribution in [0, 0.1) is 6.92 Å². The first-order chi connectivity index (χ1) is 12.6. The number of ether oxygens (including phenoxy) is 1. The molecule has 1 heterocycles. The summed E-state index contributed by atoms with van der Waals surface area (Å²) in [5, 5.41) is 10.2. The van der Waals surface area contributed by atoms with Crippen LogP contribution in [0.2, 0.25) is 5.02 Å². The van der Waals surface area contributed by atoms with Crippen molar-refractivity contribution in [3.63, 3.8) is 0 Å². The molecule has 0 spiro atoms. The summed E-state index contributed by atoms with van der Waals surface area (Å²) in [7, 11) is 1.39. The highest BCUT2D eigenvalue weighted by atomic mass is 35.5. The average molecular weight is 396 g/mol. The Morgan fingerprint density at radius 1 is 1.22 bits per heavy atom. The van der Waals surface area contributed by atoms with Crippen molar-refractivity contribution < 1.29 is 27.8 Å². The third-order valence-corrected chi connectivity index (χ3v) is 4.47. The van der Waals surface area contributed by atoms with Gasteiger partial charge in [-0.15, -0.1) is 0 Å². The topological polar surface area (TPSA) is 59.4 Å². The molecule has 0 aliphatic rings. The maximum Gasteiger partial charge on any atom is 0.416 e. The molecule has 0 saturated carbocycles. The van der Waals surface area contributed by atoms with E-state index in [-0.39, 0.29) is 44.1 Å². The molecule has 1 N–H and O–H groups in total. The first kappa shape index (κ1) is 19.0. The summed E-state index contributed by atoms with van der Waals surface area (Å²) in [5.41, 5.74) is -0.103. The van der Waals surface area contributed by atoms with E-state index in [4.69, 9.17) is 16.3 Å². The number of aromatic nitrogens is 1. The van der Waals surface area contributed by atoms with E-state index < -0.39 is 17.7 Å². The molecule has 3 aromatic rings. The first-order valence-electron chi connectivity index (χ1n) is 7.72. The lowest BCUT2D eigenvalue weighted by Crippen LogP contribution is -2.07. The second-order valence-corrected chi connectivity index (χ2v) is 6.26. The van der Waals surface area contributed by atoms with Gasteiger partial charge >= 0.3 is 12.1 Å². The highest BCUT2D eigenvalue weighted by Crippen LogP contribution is 2.37. The van der Waals surface area contributed by atoms with Gasteiger partial charge in [0.2, 0.25) is 0 Å². The van der Waals surface area contributed by atoms with E-state index >= 15 is 0 Å². The Kier molecular flexibility index (Phi) is 4.73. The molecule has 0 amide bonds. The predicted octanol–water partition coefficient (Wildman–Crippen LogP) is 5.59. The zero-order valence-corrected chi connectivity index (χ0v) is 14.9. The summed E-state index contributed by atoms with van der Waals surface area (Å²) in [6.07, 6.45) is -4.52. The van der Waals surface area contributed by atoms with Gasteiger partial charge < -0.3 is 9.84 Å². The number of methoxy groups -OCH3 is 1. The van der Waals surface area contributed by atoms with Crippen molar-refractivity contribution in [2.45, 2.75) is 13.1 Å². The lowest BCUT2D eigenvalue weighted by Gasteiger charge is -2.15. The van der Waals surface area contributed by atoms with Gasteiger partial charge in [0.05, 0.1) is 34.5 Å². The minimum Gasteiger partial charge on any atom is -0.495 e. The number of nitrogens with zero attached hydrogens (tertiary/aromatic N) is 1. The fraction of sp³-hybridized carbons (Fsp3) is 0.158. The van der Waals surface area contributed by atoms with Gasteiger partial charge in [-0.25, -0.2) is 9.78 Å². The summed E-state index contributed by atoms with van der Waals surface area (Å²) in [6.45, 7) is 1.51. The van der Waals surface area contributed by atoms with Crippen LogP contribution in [0.5, 0.6) is 5.75 Å². The standard InChI is InChI=1S/C19H13ClF3NO3/c1-9-16(18(25)26)12-7-15(27-2)13(20)8-14(12)24-17(9)10-4-3-5-11(6-10)19(21,22)23/h3-8H,1-2H3,(H,25,26). The van der Waals surface area contributed by atoms with Crippen molar-refractivity contribution in [2.75, 3.05) is 7.11 Å². The van der Waals surface area contributed by atoms with Gasteiger partial charge in [-0.2, -0.15) is 13.2 Å². The van der Waals surface area contributed by atoms with Gasteiger partial charge in [0, 0.05) is 10.9 Å². The minimum atomic E-state index is -4.52. The van der Waals surface area contributed by atoms with Crippen LogP contribution in [0.1, 0.15) is 21.5 Å². The predicted molar refractivity (Wildman–Crippen MR) is 95.4 cm³/mol. The van der Waals surface area contributed by atoms with Crippen LogP contribution in [-0.2, 0) is 6.18 Å². The molecule has 0 bridgehead atoms. The molecular weight excluding hydrogens is 383 g/mol. The Balaban J connectivity index is 2.35. The van der Waals surface area contributed by atoms with Crippen LogP contribution in [0.25, 0.3) is 22.2 Å². The van der Waals surface area contributed by atoms with Gasteiger partial charge in [-0.1, -0.05) is 23.7 Å². The smallest absolute Gasteiger partial charge is 0.416 e. The summed E-state index contributed by atoms with van der Waals surface area (Å²) in [6, 6.07) is 7.48. The number of fused-ring (bicyclic) bond motifs is 1. The Labute approximate surface area is 157 Å². The van der Waals surface area contributed by atoms with Gasteiger partial charge in [0.25, 0.3) is 0 Å². The number of carbonyl (C=O) groups is 1. The summed E-state index contributed by atoms with van der Waals surface area (Å²) >= 11 is 6.10. The van der Waals surface area contributed by atoms with E-state index in [0.717, 1.165) is 12.1 Å². The molecule has 0 saturated heterocycles. The molecular formula is C19H13ClF3NO3.